The van der Waals surface area contributed by atoms with Gasteiger partial charge in [-0.25, -0.2) is 0 Å². The third-order valence-electron chi connectivity index (χ3n) is 1.72. The number of aliphatic hydroxyl groups excluding tert-OH is 1. The van der Waals surface area contributed by atoms with Crippen LogP contribution in [-0.4, -0.2) is 5.11 Å². The van der Waals surface area contributed by atoms with Crippen molar-refractivity contribution in [2.45, 2.75) is 16.8 Å². The van der Waals surface area contributed by atoms with E-state index in [9.17, 15) is 5.11 Å². The molecule has 13 heavy (non-hydrogen) atoms. The lowest BCUT2D eigenvalue weighted by molar-refractivity contribution is 0.198. The van der Waals surface area contributed by atoms with Gasteiger partial charge in [0.25, 0.3) is 0 Å². The molecule has 0 aromatic heterocycles. The van der Waals surface area contributed by atoms with Gasteiger partial charge in [0.2, 0.25) is 3.79 Å². The van der Waals surface area contributed by atoms with Crippen molar-refractivity contribution in [3.8, 4) is 0 Å². The Kier molecular flexibility index (Phi) is 3.47. The first-order chi connectivity index (χ1) is 5.93. The first-order valence-electron chi connectivity index (χ1n) is 3.77. The summed E-state index contributed by atoms with van der Waals surface area (Å²) in [7, 11) is 0. The van der Waals surface area contributed by atoms with Gasteiger partial charge in [-0.1, -0.05) is 59.1 Å². The summed E-state index contributed by atoms with van der Waals surface area (Å²) < 4.78 is -1.48. The van der Waals surface area contributed by atoms with Gasteiger partial charge in [0, 0.05) is 5.56 Å². The van der Waals surface area contributed by atoms with E-state index in [0.29, 0.717) is 11.1 Å². The van der Waals surface area contributed by atoms with Gasteiger partial charge in [-0.15, -0.1) is 0 Å². The number of halogens is 3. The summed E-state index contributed by atoms with van der Waals surface area (Å²) in [6, 6.07) is 6.99. The van der Waals surface area contributed by atoms with Crippen LogP contribution >= 0.6 is 34.8 Å². The molecule has 0 heterocycles. The third-order valence-corrected chi connectivity index (χ3v) is 2.33. The lowest BCUT2D eigenvalue weighted by atomic mass is 10.0. The maximum absolute atomic E-state index is 9.39. The number of benzene rings is 1. The van der Waals surface area contributed by atoms with E-state index in [1.165, 1.54) is 0 Å². The molecule has 1 atom stereocenters. The van der Waals surface area contributed by atoms with E-state index in [0.717, 1.165) is 0 Å². The Bertz CT molecular complexity index is 291. The molecule has 1 nitrogen and oxygen atoms in total. The van der Waals surface area contributed by atoms with Gasteiger partial charge in [0.15, 0.2) is 0 Å². The van der Waals surface area contributed by atoms with E-state index >= 15 is 0 Å². The second-order valence-corrected chi connectivity index (χ2v) is 5.04. The SMILES string of the molecule is CC(O)c1ccccc1C(Cl)(Cl)Cl. The largest absolute Gasteiger partial charge is 0.389 e. The maximum Gasteiger partial charge on any atom is 0.216 e. The monoisotopic (exact) mass is 238 g/mol. The smallest absolute Gasteiger partial charge is 0.216 e. The van der Waals surface area contributed by atoms with Crippen LogP contribution in [0.15, 0.2) is 24.3 Å². The standard InChI is InChI=1S/C9H9Cl3O/c1-6(13)7-4-2-3-5-8(7)9(10,11)12/h2-6,13H,1H3. The minimum atomic E-state index is -1.48. The fourth-order valence-corrected chi connectivity index (χ4v) is 1.64. The van der Waals surface area contributed by atoms with Crippen molar-refractivity contribution in [2.75, 3.05) is 0 Å². The van der Waals surface area contributed by atoms with Crippen molar-refractivity contribution >= 4 is 34.8 Å². The van der Waals surface area contributed by atoms with E-state index in [2.05, 4.69) is 0 Å². The second-order valence-electron chi connectivity index (χ2n) is 2.76. The van der Waals surface area contributed by atoms with Gasteiger partial charge in [0.05, 0.1) is 6.10 Å². The van der Waals surface area contributed by atoms with E-state index in [-0.39, 0.29) is 0 Å². The Morgan fingerprint density at radius 3 is 2.15 bits per heavy atom. The summed E-state index contributed by atoms with van der Waals surface area (Å²) in [5.41, 5.74) is 1.16. The second kappa shape index (κ2) is 4.05. The molecule has 0 aliphatic heterocycles. The molecule has 1 N–H and O–H groups in total. The first kappa shape index (κ1) is 11.1. The summed E-state index contributed by atoms with van der Waals surface area (Å²) in [6.45, 7) is 1.63. The van der Waals surface area contributed by atoms with Gasteiger partial charge >= 0.3 is 0 Å². The van der Waals surface area contributed by atoms with Crippen LogP contribution in [0.25, 0.3) is 0 Å². The van der Waals surface area contributed by atoms with E-state index in [1.807, 2.05) is 0 Å². The highest BCUT2D eigenvalue weighted by Gasteiger charge is 2.26. The Morgan fingerprint density at radius 1 is 1.23 bits per heavy atom. The van der Waals surface area contributed by atoms with Crippen molar-refractivity contribution < 1.29 is 5.11 Å². The molecule has 0 saturated carbocycles. The predicted molar refractivity (Wildman–Crippen MR) is 56.3 cm³/mol. The van der Waals surface area contributed by atoms with E-state index in [1.54, 1.807) is 31.2 Å². The zero-order chi connectivity index (χ0) is 10.1. The molecule has 0 radical (unpaired) electrons. The van der Waals surface area contributed by atoms with Crippen LogP contribution in [0.4, 0.5) is 0 Å². The number of rotatable bonds is 1. The van der Waals surface area contributed by atoms with Crippen LogP contribution in [0, 0.1) is 0 Å². The molecule has 0 aliphatic rings. The van der Waals surface area contributed by atoms with Crippen LogP contribution in [-0.2, 0) is 3.79 Å². The zero-order valence-electron chi connectivity index (χ0n) is 6.97. The highest BCUT2D eigenvalue weighted by Crippen LogP contribution is 2.41. The Hall–Kier alpha value is 0.0500. The van der Waals surface area contributed by atoms with Crippen molar-refractivity contribution in [1.82, 2.24) is 0 Å². The molecule has 0 saturated heterocycles. The van der Waals surface area contributed by atoms with Gasteiger partial charge in [-0.2, -0.15) is 0 Å². The lowest BCUT2D eigenvalue weighted by Crippen LogP contribution is -2.07. The molecule has 0 spiro atoms. The highest BCUT2D eigenvalue weighted by molar-refractivity contribution is 6.66. The number of alkyl halides is 3. The average molecular weight is 240 g/mol. The van der Waals surface area contributed by atoms with Gasteiger partial charge in [0.1, 0.15) is 0 Å². The normalized spacial score (nSPS) is 14.2. The molecule has 72 valence electrons. The van der Waals surface area contributed by atoms with Crippen LogP contribution in [0.3, 0.4) is 0 Å². The maximum atomic E-state index is 9.39. The number of aliphatic hydroxyl groups is 1. The quantitative estimate of drug-likeness (QED) is 0.743. The van der Waals surface area contributed by atoms with Gasteiger partial charge < -0.3 is 5.11 Å². The topological polar surface area (TPSA) is 20.2 Å². The fraction of sp³-hybridized carbons (Fsp3) is 0.333. The van der Waals surface area contributed by atoms with Gasteiger partial charge in [-0.3, -0.25) is 0 Å². The van der Waals surface area contributed by atoms with Crippen molar-refractivity contribution in [3.63, 3.8) is 0 Å². The Morgan fingerprint density at radius 2 is 1.77 bits per heavy atom. The molecule has 0 bridgehead atoms. The molecule has 1 unspecified atom stereocenters. The highest BCUT2D eigenvalue weighted by atomic mass is 35.6. The Balaban J connectivity index is 3.20. The van der Waals surface area contributed by atoms with Crippen LogP contribution in [0.5, 0.6) is 0 Å². The minimum absolute atomic E-state index is 0.523. The Labute approximate surface area is 92.2 Å². The van der Waals surface area contributed by atoms with Crippen molar-refractivity contribution in [3.05, 3.63) is 35.4 Å². The third kappa shape index (κ3) is 2.75. The fourth-order valence-electron chi connectivity index (χ4n) is 1.12. The molecular formula is C9H9Cl3O. The molecular weight excluding hydrogens is 230 g/mol. The minimum Gasteiger partial charge on any atom is -0.389 e. The number of hydrogen-bond acceptors (Lipinski definition) is 1. The molecule has 1 aromatic rings. The molecule has 0 aliphatic carbocycles. The summed E-state index contributed by atoms with van der Waals surface area (Å²) >= 11 is 17.2. The summed E-state index contributed by atoms with van der Waals surface area (Å²) in [4.78, 5) is 0. The van der Waals surface area contributed by atoms with E-state index < -0.39 is 9.90 Å². The van der Waals surface area contributed by atoms with Crippen LogP contribution < -0.4 is 0 Å². The molecule has 1 rings (SSSR count). The zero-order valence-corrected chi connectivity index (χ0v) is 9.24. The van der Waals surface area contributed by atoms with Crippen LogP contribution in [0.2, 0.25) is 0 Å². The van der Waals surface area contributed by atoms with Crippen LogP contribution in [0.1, 0.15) is 24.2 Å². The van der Waals surface area contributed by atoms with Gasteiger partial charge in [-0.05, 0) is 12.5 Å². The van der Waals surface area contributed by atoms with E-state index in [4.69, 9.17) is 34.8 Å². The van der Waals surface area contributed by atoms with Crippen molar-refractivity contribution in [2.24, 2.45) is 0 Å². The summed E-state index contributed by atoms with van der Waals surface area (Å²) in [6.07, 6.45) is -0.633. The molecule has 0 fully saturated rings. The first-order valence-corrected chi connectivity index (χ1v) is 4.90. The summed E-state index contributed by atoms with van der Waals surface area (Å²) in [5, 5.41) is 9.39. The van der Waals surface area contributed by atoms with Crippen molar-refractivity contribution in [1.29, 1.82) is 0 Å². The molecule has 4 heteroatoms. The number of hydrogen-bond donors (Lipinski definition) is 1. The average Bonchev–Trinajstić information content (AvgIpc) is 2.03. The summed E-state index contributed by atoms with van der Waals surface area (Å²) in [5.74, 6) is 0. The molecule has 1 aromatic carbocycles. The molecule has 0 amide bonds. The lowest BCUT2D eigenvalue weighted by Gasteiger charge is -2.17. The predicted octanol–water partition coefficient (Wildman–Crippen LogP) is 3.57.